The molecule has 1 aromatic carbocycles. The Morgan fingerprint density at radius 1 is 1.33 bits per heavy atom. The van der Waals surface area contributed by atoms with Crippen LogP contribution in [0.4, 0.5) is 11.7 Å². The molecule has 7 nitrogen and oxygen atoms in total. The number of rotatable bonds is 6. The van der Waals surface area contributed by atoms with Gasteiger partial charge in [0.05, 0.1) is 5.92 Å². The van der Waals surface area contributed by atoms with E-state index in [0.29, 0.717) is 25.3 Å². The summed E-state index contributed by atoms with van der Waals surface area (Å²) in [5.74, 6) is 0.109. The third kappa shape index (κ3) is 3.61. The molecule has 1 atom stereocenters. The average Bonchev–Trinajstić information content (AvgIpc) is 3.20. The highest BCUT2D eigenvalue weighted by molar-refractivity contribution is 5.96. The molecule has 2 heterocycles. The van der Waals surface area contributed by atoms with Gasteiger partial charge in [0.1, 0.15) is 0 Å². The molecular formula is C17H20N4O3. The zero-order chi connectivity index (χ0) is 16.9. The smallest absolute Gasteiger partial charge is 0.322 e. The van der Waals surface area contributed by atoms with E-state index in [4.69, 9.17) is 4.42 Å². The summed E-state index contributed by atoms with van der Waals surface area (Å²) in [6.07, 6.45) is 2.51. The van der Waals surface area contributed by atoms with Gasteiger partial charge in [0, 0.05) is 25.1 Å². The lowest BCUT2D eigenvalue weighted by Crippen LogP contribution is -2.24. The Morgan fingerprint density at radius 3 is 2.88 bits per heavy atom. The van der Waals surface area contributed by atoms with Gasteiger partial charge in [-0.2, -0.15) is 0 Å². The highest BCUT2D eigenvalue weighted by atomic mass is 16.4. The highest BCUT2D eigenvalue weighted by Gasteiger charge is 2.35. The summed E-state index contributed by atoms with van der Waals surface area (Å²) >= 11 is 0. The molecular weight excluding hydrogens is 308 g/mol. The van der Waals surface area contributed by atoms with Crippen LogP contribution in [0.3, 0.4) is 0 Å². The molecule has 0 spiro atoms. The van der Waals surface area contributed by atoms with Crippen LogP contribution >= 0.6 is 0 Å². The number of amides is 2. The topological polar surface area (TPSA) is 88.3 Å². The van der Waals surface area contributed by atoms with E-state index in [0.717, 1.165) is 18.5 Å². The van der Waals surface area contributed by atoms with E-state index in [1.807, 2.05) is 37.3 Å². The summed E-state index contributed by atoms with van der Waals surface area (Å²) in [4.78, 5) is 25.6. The summed E-state index contributed by atoms with van der Waals surface area (Å²) in [7, 11) is 0. The molecule has 7 heteroatoms. The number of carbonyl (C=O) groups is 2. The van der Waals surface area contributed by atoms with Gasteiger partial charge in [-0.1, -0.05) is 36.6 Å². The summed E-state index contributed by atoms with van der Waals surface area (Å²) < 4.78 is 5.52. The van der Waals surface area contributed by atoms with E-state index in [1.54, 1.807) is 4.90 Å². The molecule has 1 aromatic heterocycles. The first-order valence-corrected chi connectivity index (χ1v) is 8.16. The molecule has 2 aromatic rings. The van der Waals surface area contributed by atoms with Gasteiger partial charge in [-0.05, 0) is 18.6 Å². The molecule has 0 radical (unpaired) electrons. The van der Waals surface area contributed by atoms with E-state index < -0.39 is 0 Å². The van der Waals surface area contributed by atoms with Crippen LogP contribution in [-0.4, -0.2) is 28.6 Å². The molecule has 2 amide bonds. The van der Waals surface area contributed by atoms with Crippen molar-refractivity contribution in [2.24, 2.45) is 0 Å². The maximum absolute atomic E-state index is 12.2. The molecule has 1 N–H and O–H groups in total. The van der Waals surface area contributed by atoms with E-state index in [2.05, 4.69) is 15.5 Å². The van der Waals surface area contributed by atoms with Crippen LogP contribution in [0.1, 0.15) is 44.4 Å². The Bertz CT molecular complexity index is 714. The first kappa shape index (κ1) is 16.2. The molecule has 1 fully saturated rings. The Hall–Kier alpha value is -2.70. The standard InChI is InChI=1S/C17H20N4O3/c1-2-3-9-14(22)18-17-20-19-16(24-17)12-10-15(23)21(11-12)13-7-5-4-6-8-13/h4-8,12H,2-3,9-11H2,1H3,(H,18,20,22)/t12-/m0/s1. The maximum atomic E-state index is 12.2. The minimum atomic E-state index is -0.161. The van der Waals surface area contributed by atoms with Gasteiger partial charge in [0.25, 0.3) is 0 Å². The van der Waals surface area contributed by atoms with Crippen LogP contribution in [-0.2, 0) is 9.59 Å². The van der Waals surface area contributed by atoms with Gasteiger partial charge in [-0.25, -0.2) is 0 Å². The van der Waals surface area contributed by atoms with E-state index in [1.165, 1.54) is 0 Å². The number of unbranched alkanes of at least 4 members (excludes halogenated alkanes) is 1. The van der Waals surface area contributed by atoms with Gasteiger partial charge < -0.3 is 9.32 Å². The molecule has 0 unspecified atom stereocenters. The first-order chi connectivity index (χ1) is 11.7. The van der Waals surface area contributed by atoms with E-state index >= 15 is 0 Å². The second kappa shape index (κ2) is 7.25. The SMILES string of the molecule is CCCCC(=O)Nc1nnc([C@H]2CC(=O)N(c3ccccc3)C2)o1. The zero-order valence-electron chi connectivity index (χ0n) is 13.6. The number of hydrogen-bond donors (Lipinski definition) is 1. The Labute approximate surface area is 140 Å². The molecule has 1 aliphatic heterocycles. The lowest BCUT2D eigenvalue weighted by atomic mass is 10.1. The van der Waals surface area contributed by atoms with Gasteiger partial charge in [0.2, 0.25) is 17.7 Å². The van der Waals surface area contributed by atoms with Crippen molar-refractivity contribution in [1.29, 1.82) is 0 Å². The Morgan fingerprint density at radius 2 is 2.12 bits per heavy atom. The number of anilines is 2. The van der Waals surface area contributed by atoms with Crippen molar-refractivity contribution in [3.05, 3.63) is 36.2 Å². The predicted molar refractivity (Wildman–Crippen MR) is 88.6 cm³/mol. The van der Waals surface area contributed by atoms with Gasteiger partial charge >= 0.3 is 6.01 Å². The van der Waals surface area contributed by atoms with Crippen molar-refractivity contribution in [3.8, 4) is 0 Å². The monoisotopic (exact) mass is 328 g/mol. The molecule has 24 heavy (non-hydrogen) atoms. The summed E-state index contributed by atoms with van der Waals surface area (Å²) in [5, 5.41) is 10.4. The van der Waals surface area contributed by atoms with Crippen LogP contribution in [0.25, 0.3) is 0 Å². The number of aromatic nitrogens is 2. The second-order valence-corrected chi connectivity index (χ2v) is 5.84. The normalized spacial score (nSPS) is 17.3. The largest absolute Gasteiger partial charge is 0.407 e. The number of benzene rings is 1. The molecule has 1 aliphatic rings. The predicted octanol–water partition coefficient (Wildman–Crippen LogP) is 2.72. The minimum absolute atomic E-state index is 0.0259. The van der Waals surface area contributed by atoms with Crippen LogP contribution in [0.15, 0.2) is 34.7 Å². The fourth-order valence-corrected chi connectivity index (χ4v) is 2.70. The quantitative estimate of drug-likeness (QED) is 0.881. The van der Waals surface area contributed by atoms with Crippen molar-refractivity contribution >= 4 is 23.5 Å². The highest BCUT2D eigenvalue weighted by Crippen LogP contribution is 2.31. The van der Waals surface area contributed by atoms with Crippen molar-refractivity contribution in [2.45, 2.75) is 38.5 Å². The number of carbonyl (C=O) groups excluding carboxylic acids is 2. The molecule has 1 saturated heterocycles. The van der Waals surface area contributed by atoms with E-state index in [9.17, 15) is 9.59 Å². The third-order valence-electron chi connectivity index (χ3n) is 3.99. The molecule has 0 saturated carbocycles. The van der Waals surface area contributed by atoms with Crippen LogP contribution < -0.4 is 10.2 Å². The number of para-hydroxylation sites is 1. The number of hydrogen-bond acceptors (Lipinski definition) is 5. The van der Waals surface area contributed by atoms with Crippen LogP contribution in [0.2, 0.25) is 0 Å². The van der Waals surface area contributed by atoms with Gasteiger partial charge in [-0.15, -0.1) is 5.10 Å². The van der Waals surface area contributed by atoms with E-state index in [-0.39, 0.29) is 23.7 Å². The fourth-order valence-electron chi connectivity index (χ4n) is 2.70. The lowest BCUT2D eigenvalue weighted by Gasteiger charge is -2.15. The fraction of sp³-hybridized carbons (Fsp3) is 0.412. The summed E-state index contributed by atoms with van der Waals surface area (Å²) in [6, 6.07) is 9.59. The Kier molecular flexibility index (Phi) is 4.88. The maximum Gasteiger partial charge on any atom is 0.322 e. The van der Waals surface area contributed by atoms with Gasteiger partial charge in [-0.3, -0.25) is 14.9 Å². The van der Waals surface area contributed by atoms with Crippen LogP contribution in [0, 0.1) is 0 Å². The second-order valence-electron chi connectivity index (χ2n) is 5.84. The van der Waals surface area contributed by atoms with Gasteiger partial charge in [0.15, 0.2) is 0 Å². The van der Waals surface area contributed by atoms with Crippen molar-refractivity contribution < 1.29 is 14.0 Å². The zero-order valence-corrected chi connectivity index (χ0v) is 13.6. The average molecular weight is 328 g/mol. The molecule has 0 bridgehead atoms. The first-order valence-electron chi connectivity index (χ1n) is 8.16. The molecule has 3 rings (SSSR count). The number of nitrogens with one attached hydrogen (secondary N) is 1. The summed E-state index contributed by atoms with van der Waals surface area (Å²) in [6.45, 7) is 2.52. The third-order valence-corrected chi connectivity index (χ3v) is 3.99. The van der Waals surface area contributed by atoms with Crippen molar-refractivity contribution in [1.82, 2.24) is 10.2 Å². The van der Waals surface area contributed by atoms with Crippen LogP contribution in [0.5, 0.6) is 0 Å². The lowest BCUT2D eigenvalue weighted by molar-refractivity contribution is -0.117. The minimum Gasteiger partial charge on any atom is -0.407 e. The Balaban J connectivity index is 1.64. The van der Waals surface area contributed by atoms with Crippen molar-refractivity contribution in [3.63, 3.8) is 0 Å². The van der Waals surface area contributed by atoms with Crippen molar-refractivity contribution in [2.75, 3.05) is 16.8 Å². The molecule has 126 valence electrons. The summed E-state index contributed by atoms with van der Waals surface area (Å²) in [5.41, 5.74) is 0.859. The number of nitrogens with zero attached hydrogens (tertiary/aromatic N) is 3. The molecule has 0 aliphatic carbocycles.